The fourth-order valence-electron chi connectivity index (χ4n) is 5.57. The zero-order valence-corrected chi connectivity index (χ0v) is 17.2. The molecule has 2 aliphatic carbocycles. The average Bonchev–Trinajstić information content (AvgIpc) is 3.20. The van der Waals surface area contributed by atoms with E-state index < -0.39 is 0 Å². The van der Waals surface area contributed by atoms with Crippen LogP contribution < -0.4 is 0 Å². The van der Waals surface area contributed by atoms with Crippen molar-refractivity contribution in [1.82, 2.24) is 0 Å². The molecule has 0 radical (unpaired) electrons. The van der Waals surface area contributed by atoms with Gasteiger partial charge in [0.2, 0.25) is 0 Å². The molecule has 1 spiro atoms. The van der Waals surface area contributed by atoms with Crippen molar-refractivity contribution in [3.63, 3.8) is 0 Å². The van der Waals surface area contributed by atoms with Crippen LogP contribution in [0.1, 0.15) is 48.6 Å². The lowest BCUT2D eigenvalue weighted by atomic mass is 9.70. The van der Waals surface area contributed by atoms with Crippen molar-refractivity contribution in [3.8, 4) is 22.3 Å². The van der Waals surface area contributed by atoms with Gasteiger partial charge in [-0.2, -0.15) is 0 Å². The number of hydrogen-bond donors (Lipinski definition) is 0. The van der Waals surface area contributed by atoms with E-state index >= 15 is 0 Å². The van der Waals surface area contributed by atoms with E-state index in [1.807, 2.05) is 0 Å². The Labute approximate surface area is 172 Å². The van der Waals surface area contributed by atoms with Crippen molar-refractivity contribution in [2.45, 2.75) is 31.6 Å². The van der Waals surface area contributed by atoms with Gasteiger partial charge in [0.1, 0.15) is 0 Å². The quantitative estimate of drug-likeness (QED) is 0.262. The van der Waals surface area contributed by atoms with Gasteiger partial charge in [-0.3, -0.25) is 0 Å². The van der Waals surface area contributed by atoms with E-state index in [-0.39, 0.29) is 10.8 Å². The second-order valence-corrected chi connectivity index (χ2v) is 9.40. The van der Waals surface area contributed by atoms with Crippen LogP contribution in [0.4, 0.5) is 0 Å². The van der Waals surface area contributed by atoms with Crippen LogP contribution in [-0.4, -0.2) is 0 Å². The van der Waals surface area contributed by atoms with Crippen LogP contribution in [0.15, 0.2) is 91.0 Å². The summed E-state index contributed by atoms with van der Waals surface area (Å²) in [6, 6.07) is 34.1. The average molecular weight is 373 g/mol. The van der Waals surface area contributed by atoms with Gasteiger partial charge in [0.25, 0.3) is 0 Å². The molecule has 0 aliphatic heterocycles. The summed E-state index contributed by atoms with van der Waals surface area (Å²) in [5.74, 6) is 0. The molecule has 0 N–H and O–H groups in total. The maximum absolute atomic E-state index is 2.44. The summed E-state index contributed by atoms with van der Waals surface area (Å²) in [6.45, 7) is 6.89. The van der Waals surface area contributed by atoms with Crippen molar-refractivity contribution in [1.29, 1.82) is 0 Å². The summed E-state index contributed by atoms with van der Waals surface area (Å²) in [5, 5.41) is 0. The molecule has 6 rings (SSSR count). The third kappa shape index (κ3) is 1.99. The molecule has 29 heavy (non-hydrogen) atoms. The van der Waals surface area contributed by atoms with Crippen molar-refractivity contribution in [2.75, 3.05) is 0 Å². The monoisotopic (exact) mass is 372 g/mol. The van der Waals surface area contributed by atoms with Crippen molar-refractivity contribution in [3.05, 3.63) is 119 Å². The van der Waals surface area contributed by atoms with Crippen LogP contribution >= 0.6 is 0 Å². The van der Waals surface area contributed by atoms with Gasteiger partial charge in [-0.25, -0.2) is 0 Å². The fraction of sp³-hybridized carbons (Fsp3) is 0.172. The highest BCUT2D eigenvalue weighted by Gasteiger charge is 2.51. The van der Waals surface area contributed by atoms with Crippen LogP contribution in [0.5, 0.6) is 0 Å². The van der Waals surface area contributed by atoms with Gasteiger partial charge >= 0.3 is 0 Å². The largest absolute Gasteiger partial charge is 0.0725 e. The highest BCUT2D eigenvalue weighted by molar-refractivity contribution is 5.95. The number of fused-ring (bicyclic) bond motifs is 10. The number of rotatable bonds is 0. The standard InChI is InChI=1S/C29H24/c1-28(2,3)19-16-17-27-23(18-19)22-12-6-9-15-26(22)29(27)24-13-7-4-10-20(24)21-11-5-8-14-25(21)29/h4-18H,1-3H3. The zero-order chi connectivity index (χ0) is 19.8. The summed E-state index contributed by atoms with van der Waals surface area (Å²) in [7, 11) is 0. The van der Waals surface area contributed by atoms with Crippen LogP contribution in [0.25, 0.3) is 22.3 Å². The molecule has 0 saturated heterocycles. The molecule has 140 valence electrons. The maximum Gasteiger partial charge on any atom is 0.0725 e. The topological polar surface area (TPSA) is 0 Å². The summed E-state index contributed by atoms with van der Waals surface area (Å²) < 4.78 is 0. The Hall–Kier alpha value is -3.12. The molecule has 0 heteroatoms. The molecule has 0 saturated carbocycles. The van der Waals surface area contributed by atoms with Crippen LogP contribution in [0.3, 0.4) is 0 Å². The van der Waals surface area contributed by atoms with Gasteiger partial charge in [-0.1, -0.05) is 112 Å². The number of hydrogen-bond acceptors (Lipinski definition) is 0. The van der Waals surface area contributed by atoms with E-state index in [2.05, 4.69) is 112 Å². The first kappa shape index (κ1) is 16.8. The van der Waals surface area contributed by atoms with Gasteiger partial charge < -0.3 is 0 Å². The first-order valence-corrected chi connectivity index (χ1v) is 10.5. The maximum atomic E-state index is 2.44. The molecular formula is C29H24. The minimum Gasteiger partial charge on any atom is -0.0619 e. The summed E-state index contributed by atoms with van der Waals surface area (Å²) in [5.41, 5.74) is 12.5. The molecule has 0 unspecified atom stereocenters. The van der Waals surface area contributed by atoms with Crippen LogP contribution in [0.2, 0.25) is 0 Å². The lowest BCUT2D eigenvalue weighted by Gasteiger charge is -2.30. The van der Waals surface area contributed by atoms with E-state index in [4.69, 9.17) is 0 Å². The predicted octanol–water partition coefficient (Wildman–Crippen LogP) is 7.33. The molecule has 0 heterocycles. The minimum atomic E-state index is -0.213. The summed E-state index contributed by atoms with van der Waals surface area (Å²) in [6.07, 6.45) is 0. The molecule has 2 aliphatic rings. The third-order valence-electron chi connectivity index (χ3n) is 6.86. The van der Waals surface area contributed by atoms with Crippen LogP contribution in [-0.2, 0) is 10.8 Å². The minimum absolute atomic E-state index is 0.130. The molecule has 0 nitrogen and oxygen atoms in total. The molecule has 4 aromatic rings. The Balaban J connectivity index is 1.80. The highest BCUT2D eigenvalue weighted by Crippen LogP contribution is 2.62. The fourth-order valence-corrected chi connectivity index (χ4v) is 5.57. The second-order valence-electron chi connectivity index (χ2n) is 9.40. The van der Waals surface area contributed by atoms with E-state index in [1.54, 1.807) is 0 Å². The third-order valence-corrected chi connectivity index (χ3v) is 6.86. The molecule has 0 fully saturated rings. The lowest BCUT2D eigenvalue weighted by molar-refractivity contribution is 0.590. The summed E-state index contributed by atoms with van der Waals surface area (Å²) >= 11 is 0. The van der Waals surface area contributed by atoms with Gasteiger partial charge in [0.15, 0.2) is 0 Å². The van der Waals surface area contributed by atoms with Crippen molar-refractivity contribution < 1.29 is 0 Å². The first-order chi connectivity index (χ1) is 14.0. The second kappa shape index (κ2) is 5.48. The molecule has 4 aromatic carbocycles. The van der Waals surface area contributed by atoms with Crippen molar-refractivity contribution >= 4 is 0 Å². The Morgan fingerprint density at radius 3 is 1.38 bits per heavy atom. The van der Waals surface area contributed by atoms with Gasteiger partial charge in [-0.05, 0) is 55.5 Å². The van der Waals surface area contributed by atoms with Gasteiger partial charge in [0, 0.05) is 0 Å². The van der Waals surface area contributed by atoms with Crippen LogP contribution in [0, 0.1) is 0 Å². The lowest BCUT2D eigenvalue weighted by Crippen LogP contribution is -2.26. The molecule has 0 aromatic heterocycles. The van der Waals surface area contributed by atoms with E-state index in [9.17, 15) is 0 Å². The molecule has 0 atom stereocenters. The highest BCUT2D eigenvalue weighted by atomic mass is 14.5. The predicted molar refractivity (Wildman–Crippen MR) is 121 cm³/mol. The SMILES string of the molecule is CC(C)(C)c1ccc2c(c1)-c1ccccc1C21c2ccccc2-c2ccccc21. The first-order valence-electron chi connectivity index (χ1n) is 10.5. The van der Waals surface area contributed by atoms with E-state index in [0.29, 0.717) is 0 Å². The summed E-state index contributed by atoms with van der Waals surface area (Å²) in [4.78, 5) is 0. The van der Waals surface area contributed by atoms with Gasteiger partial charge in [0.05, 0.1) is 5.41 Å². The Morgan fingerprint density at radius 2 is 0.897 bits per heavy atom. The number of benzene rings is 4. The Bertz CT molecular complexity index is 1240. The molecule has 0 amide bonds. The van der Waals surface area contributed by atoms with Crippen molar-refractivity contribution in [2.24, 2.45) is 0 Å². The molecule has 0 bridgehead atoms. The smallest absolute Gasteiger partial charge is 0.0619 e. The normalized spacial score (nSPS) is 15.0. The van der Waals surface area contributed by atoms with E-state index in [0.717, 1.165) is 0 Å². The zero-order valence-electron chi connectivity index (χ0n) is 17.2. The van der Waals surface area contributed by atoms with Gasteiger partial charge in [-0.15, -0.1) is 0 Å². The Kier molecular flexibility index (Phi) is 3.17. The van der Waals surface area contributed by atoms with E-state index in [1.165, 1.54) is 50.1 Å². The molecular weight excluding hydrogens is 348 g/mol. The Morgan fingerprint density at radius 1 is 0.483 bits per heavy atom.